The number of aliphatic hydroxyl groups is 1. The summed E-state index contributed by atoms with van der Waals surface area (Å²) in [6.45, 7) is 5.20. The average Bonchev–Trinajstić information content (AvgIpc) is 2.62. The van der Waals surface area contributed by atoms with Gasteiger partial charge in [0.2, 0.25) is 11.8 Å². The molecule has 1 aliphatic rings. The Morgan fingerprint density at radius 1 is 1.20 bits per heavy atom. The number of amides is 2. The second-order valence-electron chi connectivity index (χ2n) is 5.05. The van der Waals surface area contributed by atoms with Crippen molar-refractivity contribution in [3.05, 3.63) is 29.3 Å². The van der Waals surface area contributed by atoms with Crippen molar-refractivity contribution >= 4 is 17.5 Å². The highest BCUT2D eigenvalue weighted by atomic mass is 16.2. The Morgan fingerprint density at radius 3 is 2.30 bits per heavy atom. The van der Waals surface area contributed by atoms with E-state index in [0.29, 0.717) is 5.69 Å². The minimum absolute atomic E-state index is 0.153. The number of hydrogen-bond acceptors (Lipinski definition) is 3. The minimum atomic E-state index is -0.282. The summed E-state index contributed by atoms with van der Waals surface area (Å²) in [4.78, 5) is 25.6. The van der Waals surface area contributed by atoms with Gasteiger partial charge >= 0.3 is 0 Å². The fourth-order valence-electron chi connectivity index (χ4n) is 2.31. The molecule has 0 aromatic heterocycles. The Morgan fingerprint density at radius 2 is 1.80 bits per heavy atom. The molecule has 4 heteroatoms. The lowest BCUT2D eigenvalue weighted by Gasteiger charge is -2.17. The third-order valence-corrected chi connectivity index (χ3v) is 3.72. The number of carbonyl (C=O) groups excluding carboxylic acids is 2. The van der Waals surface area contributed by atoms with E-state index in [1.54, 1.807) is 26.0 Å². The van der Waals surface area contributed by atoms with Crippen molar-refractivity contribution in [3.8, 4) is 11.8 Å². The summed E-state index contributed by atoms with van der Waals surface area (Å²) < 4.78 is 0. The third kappa shape index (κ3) is 2.33. The van der Waals surface area contributed by atoms with E-state index >= 15 is 0 Å². The monoisotopic (exact) mass is 271 g/mol. The van der Waals surface area contributed by atoms with Crippen LogP contribution < -0.4 is 4.90 Å². The van der Waals surface area contributed by atoms with Gasteiger partial charge in [0.1, 0.15) is 6.61 Å². The molecule has 104 valence electrons. The van der Waals surface area contributed by atoms with E-state index in [9.17, 15) is 9.59 Å². The lowest BCUT2D eigenvalue weighted by molar-refractivity contribution is -0.122. The first-order valence-electron chi connectivity index (χ1n) is 6.55. The van der Waals surface area contributed by atoms with Crippen molar-refractivity contribution in [2.45, 2.75) is 20.8 Å². The number of aliphatic hydroxyl groups excluding tert-OH is 1. The van der Waals surface area contributed by atoms with Crippen LogP contribution in [0.4, 0.5) is 5.69 Å². The number of imide groups is 1. The van der Waals surface area contributed by atoms with Gasteiger partial charge in [-0.3, -0.25) is 9.59 Å². The molecule has 2 rings (SSSR count). The van der Waals surface area contributed by atoms with E-state index in [1.165, 1.54) is 4.90 Å². The Kier molecular flexibility index (Phi) is 3.91. The maximum absolute atomic E-state index is 12.2. The maximum atomic E-state index is 12.2. The lowest BCUT2D eigenvalue weighted by atomic mass is 10.00. The van der Waals surface area contributed by atoms with E-state index in [2.05, 4.69) is 11.8 Å². The number of hydrogen-bond donors (Lipinski definition) is 1. The molecule has 4 nitrogen and oxygen atoms in total. The second kappa shape index (κ2) is 5.48. The number of aryl methyl sites for hydroxylation is 1. The van der Waals surface area contributed by atoms with Crippen LogP contribution in [-0.4, -0.2) is 23.5 Å². The summed E-state index contributed by atoms with van der Waals surface area (Å²) in [5.41, 5.74) is 2.18. The van der Waals surface area contributed by atoms with Crippen molar-refractivity contribution in [1.82, 2.24) is 0 Å². The van der Waals surface area contributed by atoms with Gasteiger partial charge in [0.15, 0.2) is 0 Å². The van der Waals surface area contributed by atoms with Crippen LogP contribution in [0.15, 0.2) is 18.2 Å². The zero-order valence-corrected chi connectivity index (χ0v) is 11.8. The largest absolute Gasteiger partial charge is 0.384 e. The fourth-order valence-corrected chi connectivity index (χ4v) is 2.31. The molecule has 1 heterocycles. The van der Waals surface area contributed by atoms with Gasteiger partial charge in [0, 0.05) is 17.4 Å². The van der Waals surface area contributed by atoms with Gasteiger partial charge in [-0.1, -0.05) is 25.7 Å². The Bertz CT molecular complexity index is 604. The van der Waals surface area contributed by atoms with Crippen molar-refractivity contribution in [2.24, 2.45) is 11.8 Å². The van der Waals surface area contributed by atoms with Gasteiger partial charge in [-0.25, -0.2) is 4.90 Å². The van der Waals surface area contributed by atoms with Gasteiger partial charge in [0.25, 0.3) is 0 Å². The molecule has 0 radical (unpaired) electrons. The van der Waals surface area contributed by atoms with Gasteiger partial charge in [-0.15, -0.1) is 0 Å². The highest BCUT2D eigenvalue weighted by molar-refractivity contribution is 6.22. The molecule has 20 heavy (non-hydrogen) atoms. The molecule has 2 atom stereocenters. The highest BCUT2D eigenvalue weighted by Gasteiger charge is 2.43. The SMILES string of the molecule is Cc1cc(C#CCO)ccc1N1C(=O)C(C)C(C)C1=O. The summed E-state index contributed by atoms with van der Waals surface area (Å²) in [7, 11) is 0. The highest BCUT2D eigenvalue weighted by Crippen LogP contribution is 2.32. The molecule has 1 aromatic carbocycles. The Hall–Kier alpha value is -2.12. The number of nitrogens with zero attached hydrogens (tertiary/aromatic N) is 1. The zero-order chi connectivity index (χ0) is 14.9. The molecule has 0 aliphatic carbocycles. The van der Waals surface area contributed by atoms with Crippen molar-refractivity contribution < 1.29 is 14.7 Å². The molecule has 0 saturated carbocycles. The van der Waals surface area contributed by atoms with Crippen molar-refractivity contribution in [3.63, 3.8) is 0 Å². The topological polar surface area (TPSA) is 57.6 Å². The molecule has 2 amide bonds. The molecule has 1 saturated heterocycles. The van der Waals surface area contributed by atoms with Crippen LogP contribution in [0, 0.1) is 30.6 Å². The number of rotatable bonds is 1. The van der Waals surface area contributed by atoms with E-state index in [-0.39, 0.29) is 30.3 Å². The van der Waals surface area contributed by atoms with Crippen LogP contribution in [0.25, 0.3) is 0 Å². The van der Waals surface area contributed by atoms with E-state index in [0.717, 1.165) is 11.1 Å². The minimum Gasteiger partial charge on any atom is -0.384 e. The van der Waals surface area contributed by atoms with Gasteiger partial charge in [-0.2, -0.15) is 0 Å². The summed E-state index contributed by atoms with van der Waals surface area (Å²) in [6, 6.07) is 5.29. The van der Waals surface area contributed by atoms with Gasteiger partial charge < -0.3 is 5.11 Å². The van der Waals surface area contributed by atoms with Crippen LogP contribution in [0.1, 0.15) is 25.0 Å². The molecule has 1 aliphatic heterocycles. The summed E-state index contributed by atoms with van der Waals surface area (Å²) in [6.07, 6.45) is 0. The smallest absolute Gasteiger partial charge is 0.237 e. The summed E-state index contributed by atoms with van der Waals surface area (Å²) >= 11 is 0. The first-order valence-corrected chi connectivity index (χ1v) is 6.55. The molecule has 2 unspecified atom stereocenters. The first-order chi connectivity index (χ1) is 9.47. The second-order valence-corrected chi connectivity index (χ2v) is 5.05. The van der Waals surface area contributed by atoms with Crippen LogP contribution in [0.3, 0.4) is 0 Å². The normalized spacial score (nSPS) is 21.9. The summed E-state index contributed by atoms with van der Waals surface area (Å²) in [5, 5.41) is 8.68. The van der Waals surface area contributed by atoms with E-state index < -0.39 is 0 Å². The number of benzene rings is 1. The standard InChI is InChI=1S/C16H17NO3/c1-10-9-13(5-4-8-18)6-7-14(10)17-15(19)11(2)12(3)16(17)20/h6-7,9,11-12,18H,8H2,1-3H3. The first kappa shape index (κ1) is 14.3. The fraction of sp³-hybridized carbons (Fsp3) is 0.375. The van der Waals surface area contributed by atoms with Gasteiger partial charge in [0.05, 0.1) is 5.69 Å². The molecular formula is C16H17NO3. The number of anilines is 1. The molecule has 0 spiro atoms. The van der Waals surface area contributed by atoms with Crippen molar-refractivity contribution in [1.29, 1.82) is 0 Å². The molecule has 1 fully saturated rings. The Labute approximate surface area is 118 Å². The molecule has 1 aromatic rings. The maximum Gasteiger partial charge on any atom is 0.237 e. The zero-order valence-electron chi connectivity index (χ0n) is 11.8. The van der Waals surface area contributed by atoms with Crippen LogP contribution in [0.2, 0.25) is 0 Å². The van der Waals surface area contributed by atoms with Crippen LogP contribution >= 0.6 is 0 Å². The van der Waals surface area contributed by atoms with Crippen molar-refractivity contribution in [2.75, 3.05) is 11.5 Å². The third-order valence-electron chi connectivity index (χ3n) is 3.72. The molecular weight excluding hydrogens is 254 g/mol. The predicted molar refractivity (Wildman–Crippen MR) is 76.0 cm³/mol. The predicted octanol–water partition coefficient (Wildman–Crippen LogP) is 1.48. The average molecular weight is 271 g/mol. The van der Waals surface area contributed by atoms with Crippen LogP contribution in [0.5, 0.6) is 0 Å². The van der Waals surface area contributed by atoms with Crippen LogP contribution in [-0.2, 0) is 9.59 Å². The van der Waals surface area contributed by atoms with Gasteiger partial charge in [-0.05, 0) is 30.7 Å². The number of carbonyl (C=O) groups is 2. The van der Waals surface area contributed by atoms with E-state index in [1.807, 2.05) is 13.0 Å². The molecule has 0 bridgehead atoms. The Balaban J connectivity index is 2.39. The van der Waals surface area contributed by atoms with E-state index in [4.69, 9.17) is 5.11 Å². The summed E-state index contributed by atoms with van der Waals surface area (Å²) in [5.74, 6) is 4.51. The molecule has 1 N–H and O–H groups in total. The lowest BCUT2D eigenvalue weighted by Crippen LogP contribution is -2.31. The quantitative estimate of drug-likeness (QED) is 0.622.